The monoisotopic (exact) mass is 450 g/mol. The molecule has 2 aliphatic rings. The molecule has 5 rings (SSSR count). The second kappa shape index (κ2) is 9.07. The van der Waals surface area contributed by atoms with E-state index in [9.17, 15) is 14.7 Å². The fraction of sp³-hybridized carbons (Fsp3) is 0.500. The molecule has 0 aliphatic carbocycles. The minimum atomic E-state index is -0.389. The van der Waals surface area contributed by atoms with Crippen molar-refractivity contribution in [1.82, 2.24) is 24.8 Å². The summed E-state index contributed by atoms with van der Waals surface area (Å²) in [4.78, 5) is 40.6. The third kappa shape index (κ3) is 4.18. The molecule has 5 heterocycles. The Morgan fingerprint density at radius 1 is 1.15 bits per heavy atom. The number of hydrogen-bond acceptors (Lipinski definition) is 6. The predicted molar refractivity (Wildman–Crippen MR) is 124 cm³/mol. The van der Waals surface area contributed by atoms with Gasteiger partial charge in [-0.3, -0.25) is 14.5 Å². The zero-order valence-corrected chi connectivity index (χ0v) is 18.6. The first-order valence-corrected chi connectivity index (χ1v) is 11.7. The van der Waals surface area contributed by atoms with Gasteiger partial charge in [0.2, 0.25) is 11.8 Å². The molecule has 9 heteroatoms. The number of aliphatic hydroxyl groups excluding tert-OH is 1. The van der Waals surface area contributed by atoms with Crippen molar-refractivity contribution in [2.24, 2.45) is 17.6 Å². The summed E-state index contributed by atoms with van der Waals surface area (Å²) in [5, 5.41) is 11.9. The highest BCUT2D eigenvalue weighted by atomic mass is 16.3. The number of carbonyl (C=O) groups excluding carboxylic acids is 2. The highest BCUT2D eigenvalue weighted by molar-refractivity contribution is 6.05. The highest BCUT2D eigenvalue weighted by Gasteiger charge is 2.35. The van der Waals surface area contributed by atoms with Crippen LogP contribution in [0.3, 0.4) is 0 Å². The number of likely N-dealkylation sites (tertiary alicyclic amines) is 2. The van der Waals surface area contributed by atoms with E-state index in [-0.39, 0.29) is 30.3 Å². The number of aliphatic hydroxyl groups is 1. The Morgan fingerprint density at radius 3 is 2.73 bits per heavy atom. The summed E-state index contributed by atoms with van der Waals surface area (Å²) in [6.07, 6.45) is 8.11. The summed E-state index contributed by atoms with van der Waals surface area (Å²) < 4.78 is 0. The van der Waals surface area contributed by atoms with Crippen LogP contribution in [0.15, 0.2) is 30.7 Å². The van der Waals surface area contributed by atoms with Gasteiger partial charge in [0.05, 0.1) is 18.3 Å². The van der Waals surface area contributed by atoms with Crippen LogP contribution in [-0.2, 0) is 9.59 Å². The van der Waals surface area contributed by atoms with Crippen molar-refractivity contribution in [2.45, 2.75) is 25.2 Å². The van der Waals surface area contributed by atoms with Crippen molar-refractivity contribution in [3.63, 3.8) is 0 Å². The number of hydrogen-bond donors (Lipinski definition) is 3. The highest BCUT2D eigenvalue weighted by Crippen LogP contribution is 2.35. The fourth-order valence-corrected chi connectivity index (χ4v) is 5.54. The molecule has 0 radical (unpaired) electrons. The Morgan fingerprint density at radius 2 is 1.97 bits per heavy atom. The van der Waals surface area contributed by atoms with E-state index < -0.39 is 0 Å². The summed E-state index contributed by atoms with van der Waals surface area (Å²) in [5.41, 5.74) is 8.56. The van der Waals surface area contributed by atoms with E-state index in [1.165, 1.54) is 10.9 Å². The lowest BCUT2D eigenvalue weighted by Gasteiger charge is -2.38. The van der Waals surface area contributed by atoms with E-state index in [1.54, 1.807) is 11.1 Å². The summed E-state index contributed by atoms with van der Waals surface area (Å²) in [6.45, 7) is 2.85. The van der Waals surface area contributed by atoms with Gasteiger partial charge >= 0.3 is 0 Å². The molecule has 0 saturated carbocycles. The first-order chi connectivity index (χ1) is 16.0. The molecule has 3 aromatic heterocycles. The molecular weight excluding hydrogens is 420 g/mol. The second-order valence-corrected chi connectivity index (χ2v) is 9.29. The summed E-state index contributed by atoms with van der Waals surface area (Å²) in [7, 11) is 0. The molecule has 9 nitrogen and oxygen atoms in total. The molecule has 2 aliphatic heterocycles. The van der Waals surface area contributed by atoms with Crippen LogP contribution in [0, 0.1) is 11.8 Å². The first kappa shape index (κ1) is 21.8. The van der Waals surface area contributed by atoms with Gasteiger partial charge in [0, 0.05) is 54.7 Å². The van der Waals surface area contributed by atoms with E-state index in [2.05, 4.69) is 25.9 Å². The van der Waals surface area contributed by atoms with Gasteiger partial charge in [-0.2, -0.15) is 0 Å². The van der Waals surface area contributed by atoms with Crippen LogP contribution in [0.4, 0.5) is 0 Å². The lowest BCUT2D eigenvalue weighted by atomic mass is 9.85. The van der Waals surface area contributed by atoms with Crippen molar-refractivity contribution >= 4 is 33.8 Å². The number of nitrogens with two attached hydrogens (primary N) is 1. The summed E-state index contributed by atoms with van der Waals surface area (Å²) in [6, 6.07) is 4.19. The lowest BCUT2D eigenvalue weighted by Crippen LogP contribution is -2.51. The molecule has 174 valence electrons. The number of piperidine rings is 2. The van der Waals surface area contributed by atoms with Gasteiger partial charge in [-0.05, 0) is 56.0 Å². The molecule has 2 atom stereocenters. The minimum absolute atomic E-state index is 0.0604. The van der Waals surface area contributed by atoms with Crippen molar-refractivity contribution in [2.75, 3.05) is 39.3 Å². The molecular formula is C24H30N6O3. The van der Waals surface area contributed by atoms with Crippen molar-refractivity contribution in [3.05, 3.63) is 36.3 Å². The van der Waals surface area contributed by atoms with Gasteiger partial charge < -0.3 is 20.7 Å². The third-order valence-corrected chi connectivity index (χ3v) is 7.40. The van der Waals surface area contributed by atoms with Gasteiger partial charge in [0.1, 0.15) is 0 Å². The number of aromatic amines is 1. The molecule has 4 N–H and O–H groups in total. The Hall–Kier alpha value is -3.04. The largest absolute Gasteiger partial charge is 0.396 e. The number of fused-ring (bicyclic) bond motifs is 3. The summed E-state index contributed by atoms with van der Waals surface area (Å²) >= 11 is 0. The Balaban J connectivity index is 1.23. The average Bonchev–Trinajstić information content (AvgIpc) is 3.33. The third-order valence-electron chi connectivity index (χ3n) is 7.40. The molecule has 0 spiro atoms. The van der Waals surface area contributed by atoms with Crippen molar-refractivity contribution in [3.8, 4) is 0 Å². The second-order valence-electron chi connectivity index (χ2n) is 9.29. The number of nitrogens with one attached hydrogen (secondary N) is 1. The molecule has 3 aromatic rings. The molecule has 2 fully saturated rings. The number of carbonyl (C=O) groups is 2. The van der Waals surface area contributed by atoms with Gasteiger partial charge in [-0.1, -0.05) is 0 Å². The number of nitrogens with zero attached hydrogens (tertiary/aromatic N) is 4. The number of aromatic nitrogens is 3. The molecule has 0 aromatic carbocycles. The molecule has 33 heavy (non-hydrogen) atoms. The number of rotatable bonds is 5. The fourth-order valence-electron chi connectivity index (χ4n) is 5.54. The topological polar surface area (TPSA) is 128 Å². The SMILES string of the molecule is NC(=O)C1CCN(C(=O)CN2CCC(c3cc[nH]c4cnc5nccc5c34)CC2)CC1CO. The lowest BCUT2D eigenvalue weighted by molar-refractivity contribution is -0.139. The van der Waals surface area contributed by atoms with Crippen LogP contribution in [0.1, 0.15) is 30.7 Å². The van der Waals surface area contributed by atoms with Crippen LogP contribution in [0.25, 0.3) is 21.9 Å². The molecule has 0 bridgehead atoms. The van der Waals surface area contributed by atoms with E-state index >= 15 is 0 Å². The van der Waals surface area contributed by atoms with E-state index in [0.29, 0.717) is 32.0 Å². The maximum Gasteiger partial charge on any atom is 0.236 e. The van der Waals surface area contributed by atoms with E-state index in [0.717, 1.165) is 42.5 Å². The molecule has 2 unspecified atom stereocenters. The predicted octanol–water partition coefficient (Wildman–Crippen LogP) is 1.23. The van der Waals surface area contributed by atoms with Gasteiger partial charge in [-0.15, -0.1) is 0 Å². The quantitative estimate of drug-likeness (QED) is 0.536. The summed E-state index contributed by atoms with van der Waals surface area (Å²) in [5.74, 6) is -0.540. The average molecular weight is 451 g/mol. The van der Waals surface area contributed by atoms with E-state index in [1.807, 2.05) is 18.5 Å². The normalized spacial score (nSPS) is 22.8. The number of primary amides is 1. The Bertz CT molecular complexity index is 1170. The Labute approximate surface area is 192 Å². The van der Waals surface area contributed by atoms with E-state index in [4.69, 9.17) is 5.73 Å². The van der Waals surface area contributed by atoms with Crippen molar-refractivity contribution < 1.29 is 14.7 Å². The maximum atomic E-state index is 12.9. The Kier molecular flexibility index (Phi) is 5.99. The smallest absolute Gasteiger partial charge is 0.236 e. The standard InChI is InChI=1S/C24H30N6O3/c25-23(33)18-5-10-30(12-16(18)14-31)21(32)13-29-8-3-15(4-9-29)17-1-6-26-20-11-28-24-19(22(17)20)2-7-27-24/h1-2,6-7,11,15-16,18,26,31H,3-5,8-10,12-14H2,(H2,25,33). The zero-order chi connectivity index (χ0) is 22.9. The number of pyridine rings is 2. The molecule has 2 amide bonds. The van der Waals surface area contributed by atoms with Gasteiger partial charge in [-0.25, -0.2) is 9.97 Å². The zero-order valence-electron chi connectivity index (χ0n) is 18.6. The molecule has 2 saturated heterocycles. The maximum absolute atomic E-state index is 12.9. The van der Waals surface area contributed by atoms with Crippen LogP contribution in [-0.4, -0.2) is 81.0 Å². The van der Waals surface area contributed by atoms with Crippen LogP contribution < -0.4 is 5.73 Å². The number of amides is 2. The van der Waals surface area contributed by atoms with Crippen LogP contribution in [0.2, 0.25) is 0 Å². The van der Waals surface area contributed by atoms with Gasteiger partial charge in [0.25, 0.3) is 0 Å². The van der Waals surface area contributed by atoms with Crippen LogP contribution >= 0.6 is 0 Å². The first-order valence-electron chi connectivity index (χ1n) is 11.7. The van der Waals surface area contributed by atoms with Crippen LogP contribution in [0.5, 0.6) is 0 Å². The van der Waals surface area contributed by atoms with Crippen molar-refractivity contribution in [1.29, 1.82) is 0 Å². The van der Waals surface area contributed by atoms with Gasteiger partial charge in [0.15, 0.2) is 5.65 Å². The minimum Gasteiger partial charge on any atom is -0.396 e. The number of H-pyrrole nitrogens is 1.